The minimum atomic E-state index is -1.06. The van der Waals surface area contributed by atoms with Crippen LogP contribution in [0.15, 0.2) is 35.1 Å². The van der Waals surface area contributed by atoms with Crippen LogP contribution in [0.1, 0.15) is 29.3 Å². The van der Waals surface area contributed by atoms with Gasteiger partial charge in [-0.1, -0.05) is 13.3 Å². The van der Waals surface area contributed by atoms with Gasteiger partial charge in [0.25, 0.3) is 0 Å². The molecule has 0 saturated carbocycles. The molecule has 5 nitrogen and oxygen atoms in total. The third-order valence-electron chi connectivity index (χ3n) is 3.93. The van der Waals surface area contributed by atoms with Crippen molar-refractivity contribution in [2.24, 2.45) is 0 Å². The number of carboxylic acids is 1. The second-order valence-electron chi connectivity index (χ2n) is 5.74. The van der Waals surface area contributed by atoms with Crippen molar-refractivity contribution in [1.82, 2.24) is 0 Å². The summed E-state index contributed by atoms with van der Waals surface area (Å²) in [6, 6.07) is 8.34. The van der Waals surface area contributed by atoms with Crippen molar-refractivity contribution in [1.29, 1.82) is 0 Å². The topological polar surface area (TPSA) is 83.8 Å². The Hall–Kier alpha value is -2.44. The summed E-state index contributed by atoms with van der Waals surface area (Å²) in [4.78, 5) is 24.1. The second-order valence-corrected chi connectivity index (χ2v) is 6.79. The van der Waals surface area contributed by atoms with Crippen molar-refractivity contribution >= 4 is 37.5 Å². The number of ether oxygens (including phenoxy) is 1. The summed E-state index contributed by atoms with van der Waals surface area (Å²) in [5.74, 6) is -0.473. The second kappa shape index (κ2) is 7.21. The summed E-state index contributed by atoms with van der Waals surface area (Å²) in [5.41, 5.74) is 0.886. The third-order valence-corrected chi connectivity index (χ3v) is 5.13. The van der Waals surface area contributed by atoms with Crippen LogP contribution in [-0.2, 0) is 6.42 Å². The van der Waals surface area contributed by atoms with E-state index >= 15 is 0 Å². The predicted octanol–water partition coefficient (Wildman–Crippen LogP) is 3.44. The van der Waals surface area contributed by atoms with Gasteiger partial charge in [-0.15, -0.1) is 11.3 Å². The fourth-order valence-electron chi connectivity index (χ4n) is 2.81. The summed E-state index contributed by atoms with van der Waals surface area (Å²) in [6.07, 6.45) is 1.74. The number of hydrogen-bond acceptors (Lipinski definition) is 5. The molecule has 2 aromatic carbocycles. The van der Waals surface area contributed by atoms with E-state index in [-0.39, 0.29) is 24.2 Å². The maximum atomic E-state index is 13.0. The maximum absolute atomic E-state index is 13.0. The van der Waals surface area contributed by atoms with Gasteiger partial charge in [-0.05, 0) is 42.3 Å². The average Bonchev–Trinajstić information content (AvgIpc) is 2.60. The van der Waals surface area contributed by atoms with E-state index in [1.807, 2.05) is 12.1 Å². The quantitative estimate of drug-likeness (QED) is 0.660. The van der Waals surface area contributed by atoms with E-state index in [1.165, 1.54) is 23.5 Å². The number of rotatable bonds is 6. The Morgan fingerprint density at radius 1 is 1.20 bits per heavy atom. The van der Waals surface area contributed by atoms with Crippen LogP contribution in [0, 0.1) is 0 Å². The molecule has 25 heavy (non-hydrogen) atoms. The number of aliphatic hydroxyl groups excluding tert-OH is 1. The summed E-state index contributed by atoms with van der Waals surface area (Å²) >= 11 is 1.39. The first-order chi connectivity index (χ1) is 12.0. The summed E-state index contributed by atoms with van der Waals surface area (Å²) in [5, 5.41) is 19.1. The Morgan fingerprint density at radius 3 is 2.68 bits per heavy atom. The molecule has 0 radical (unpaired) electrons. The van der Waals surface area contributed by atoms with Crippen molar-refractivity contribution in [3.8, 4) is 5.75 Å². The van der Waals surface area contributed by atoms with Gasteiger partial charge in [0.15, 0.2) is 5.43 Å². The van der Waals surface area contributed by atoms with Crippen LogP contribution in [0.5, 0.6) is 5.75 Å². The molecule has 130 valence electrons. The van der Waals surface area contributed by atoms with Crippen molar-refractivity contribution in [2.45, 2.75) is 19.8 Å². The lowest BCUT2D eigenvalue weighted by molar-refractivity contribution is 0.0697. The highest BCUT2D eigenvalue weighted by molar-refractivity contribution is 7.24. The van der Waals surface area contributed by atoms with Gasteiger partial charge < -0.3 is 14.9 Å². The van der Waals surface area contributed by atoms with Crippen LogP contribution in [0.25, 0.3) is 20.2 Å². The number of carboxylic acid groups (broad SMARTS) is 1. The highest BCUT2D eigenvalue weighted by atomic mass is 32.1. The first-order valence-corrected chi connectivity index (χ1v) is 8.87. The SMILES string of the molecule is CCCc1cc(OCCO)c2sc3ccc(C(=O)O)cc3c(=O)c2c1. The average molecular weight is 358 g/mol. The van der Waals surface area contributed by atoms with E-state index in [9.17, 15) is 9.59 Å². The molecule has 0 atom stereocenters. The molecule has 0 unspecified atom stereocenters. The van der Waals surface area contributed by atoms with Gasteiger partial charge in [0.05, 0.1) is 16.9 Å². The Morgan fingerprint density at radius 2 is 2.00 bits per heavy atom. The van der Waals surface area contributed by atoms with Gasteiger partial charge in [0, 0.05) is 15.5 Å². The van der Waals surface area contributed by atoms with E-state index in [0.29, 0.717) is 25.9 Å². The smallest absolute Gasteiger partial charge is 0.335 e. The van der Waals surface area contributed by atoms with Crippen LogP contribution in [0.2, 0.25) is 0 Å². The maximum Gasteiger partial charge on any atom is 0.335 e. The Labute approximate surface area is 148 Å². The third kappa shape index (κ3) is 3.36. The molecule has 0 spiro atoms. The molecule has 0 aliphatic rings. The molecule has 2 N–H and O–H groups in total. The highest BCUT2D eigenvalue weighted by Gasteiger charge is 2.14. The fourth-order valence-corrected chi connectivity index (χ4v) is 3.91. The van der Waals surface area contributed by atoms with Gasteiger partial charge in [-0.3, -0.25) is 4.79 Å². The lowest BCUT2D eigenvalue weighted by Gasteiger charge is -2.11. The van der Waals surface area contributed by atoms with Crippen molar-refractivity contribution in [3.63, 3.8) is 0 Å². The lowest BCUT2D eigenvalue weighted by atomic mass is 10.1. The number of aromatic carboxylic acids is 1. The van der Waals surface area contributed by atoms with Crippen LogP contribution < -0.4 is 10.2 Å². The fraction of sp³-hybridized carbons (Fsp3) is 0.263. The Kier molecular flexibility index (Phi) is 5.01. The molecular weight excluding hydrogens is 340 g/mol. The predicted molar refractivity (Wildman–Crippen MR) is 99.1 cm³/mol. The molecule has 0 fully saturated rings. The number of hydrogen-bond donors (Lipinski definition) is 2. The van der Waals surface area contributed by atoms with Crippen LogP contribution in [0.3, 0.4) is 0 Å². The number of benzene rings is 2. The van der Waals surface area contributed by atoms with E-state index in [4.69, 9.17) is 14.9 Å². The lowest BCUT2D eigenvalue weighted by Crippen LogP contribution is -2.07. The Bertz CT molecular complexity index is 1010. The number of aliphatic hydroxyl groups is 1. The molecule has 3 rings (SSSR count). The van der Waals surface area contributed by atoms with Crippen LogP contribution in [-0.4, -0.2) is 29.4 Å². The first-order valence-electron chi connectivity index (χ1n) is 8.05. The Balaban J connectivity index is 2.32. The van der Waals surface area contributed by atoms with Crippen molar-refractivity contribution in [2.75, 3.05) is 13.2 Å². The minimum Gasteiger partial charge on any atom is -0.490 e. The summed E-state index contributed by atoms with van der Waals surface area (Å²) in [6.45, 7) is 2.10. The van der Waals surface area contributed by atoms with Crippen molar-refractivity contribution < 1.29 is 19.7 Å². The summed E-state index contributed by atoms with van der Waals surface area (Å²) in [7, 11) is 0. The monoisotopic (exact) mass is 358 g/mol. The molecule has 0 aliphatic heterocycles. The van der Waals surface area contributed by atoms with Gasteiger partial charge in [-0.25, -0.2) is 4.79 Å². The molecule has 0 aliphatic carbocycles. The van der Waals surface area contributed by atoms with E-state index in [0.717, 1.165) is 18.4 Å². The van der Waals surface area contributed by atoms with Crippen LogP contribution >= 0.6 is 11.3 Å². The molecule has 3 aromatic rings. The zero-order chi connectivity index (χ0) is 18.0. The highest BCUT2D eigenvalue weighted by Crippen LogP contribution is 2.34. The van der Waals surface area contributed by atoms with E-state index in [2.05, 4.69) is 6.92 Å². The van der Waals surface area contributed by atoms with E-state index in [1.54, 1.807) is 6.07 Å². The first kappa shape index (κ1) is 17.4. The molecular formula is C19H18O5S. The zero-order valence-electron chi connectivity index (χ0n) is 13.7. The van der Waals surface area contributed by atoms with Gasteiger partial charge in [-0.2, -0.15) is 0 Å². The van der Waals surface area contributed by atoms with Crippen molar-refractivity contribution in [3.05, 3.63) is 51.7 Å². The van der Waals surface area contributed by atoms with Gasteiger partial charge in [0.1, 0.15) is 12.4 Å². The van der Waals surface area contributed by atoms with Gasteiger partial charge >= 0.3 is 5.97 Å². The number of fused-ring (bicyclic) bond motifs is 2. The largest absolute Gasteiger partial charge is 0.490 e. The number of aryl methyl sites for hydroxylation is 1. The molecule has 0 bridgehead atoms. The normalized spacial score (nSPS) is 11.1. The van der Waals surface area contributed by atoms with Gasteiger partial charge in [0.2, 0.25) is 0 Å². The zero-order valence-corrected chi connectivity index (χ0v) is 14.6. The molecule has 0 saturated heterocycles. The molecule has 1 heterocycles. The standard InChI is InChI=1S/C19H18O5S/c1-2-3-11-8-14-17(21)13-10-12(19(22)23)4-5-16(13)25-18(14)15(9-11)24-7-6-20/h4-5,8-10,20H,2-3,6-7H2,1H3,(H,22,23). The number of carbonyl (C=O) groups is 1. The van der Waals surface area contributed by atoms with E-state index < -0.39 is 5.97 Å². The molecule has 6 heteroatoms. The molecule has 1 aromatic heterocycles. The minimum absolute atomic E-state index is 0.0950. The molecule has 0 amide bonds. The summed E-state index contributed by atoms with van der Waals surface area (Å²) < 4.78 is 7.07. The van der Waals surface area contributed by atoms with Crippen LogP contribution in [0.4, 0.5) is 0 Å².